The van der Waals surface area contributed by atoms with E-state index >= 15 is 0 Å². The Balaban J connectivity index is 0.000000104. The predicted octanol–water partition coefficient (Wildman–Crippen LogP) is 29.1. The van der Waals surface area contributed by atoms with Crippen molar-refractivity contribution in [2.24, 2.45) is 0 Å². The van der Waals surface area contributed by atoms with Crippen LogP contribution in [0.1, 0.15) is 5.56 Å². The molecule has 121 heavy (non-hydrogen) atoms. The fraction of sp³-hybridized carbons (Fsp3) is 0.00943. The molecule has 4 N–H and O–H groups in total. The number of halogens is 1. The second-order valence-corrected chi connectivity index (χ2v) is 33.3. The van der Waals surface area contributed by atoms with Gasteiger partial charge in [-0.15, -0.1) is 34.0 Å². The number of fused-ring (bicyclic) bond motifs is 15. The van der Waals surface area contributed by atoms with E-state index in [1.54, 1.807) is 53.0 Å². The van der Waals surface area contributed by atoms with Crippen LogP contribution in [0.3, 0.4) is 0 Å². The molecule has 576 valence electrons. The van der Waals surface area contributed by atoms with Crippen molar-refractivity contribution in [1.29, 1.82) is 0 Å². The molecule has 6 aromatic heterocycles. The molecule has 0 aliphatic rings. The van der Waals surface area contributed by atoms with Crippen LogP contribution in [0, 0.1) is 6.92 Å². The highest BCUT2D eigenvalue weighted by molar-refractivity contribution is 7.22. The van der Waals surface area contributed by atoms with E-state index in [0.29, 0.717) is 16.1 Å². The van der Waals surface area contributed by atoms with Crippen LogP contribution in [-0.2, 0) is 0 Å². The Hall–Kier alpha value is -14.3. The van der Waals surface area contributed by atoms with Gasteiger partial charge in [-0.3, -0.25) is 0 Å². The van der Waals surface area contributed by atoms with E-state index in [1.807, 2.05) is 103 Å². The molecule has 0 aliphatic carbocycles. The second-order valence-electron chi connectivity index (χ2n) is 29.8. The average molecular weight is 1640 g/mol. The first-order valence-electron chi connectivity index (χ1n) is 39.6. The van der Waals surface area contributed by atoms with Gasteiger partial charge in [-0.1, -0.05) is 297 Å². The minimum atomic E-state index is -1.51. The molecule has 0 saturated carbocycles. The number of aromatic hydroxyl groups is 2. The fourth-order valence-electron chi connectivity index (χ4n) is 16.7. The summed E-state index contributed by atoms with van der Waals surface area (Å²) in [6.45, 7) is 2.15. The molecular weight excluding hydrogens is 1570 g/mol. The topological polar surface area (TPSA) is 159 Å². The lowest BCUT2D eigenvalue weighted by atomic mass is 9.79. The number of para-hydroxylation sites is 8. The van der Waals surface area contributed by atoms with Crippen LogP contribution >= 0.6 is 45.6 Å². The number of benzene rings is 18. The first-order chi connectivity index (χ1) is 59.5. The number of aryl methyl sites for hydroxylation is 1. The normalized spacial score (nSPS) is 11.5. The van der Waals surface area contributed by atoms with Crippen molar-refractivity contribution in [3.8, 4) is 98.8 Å². The summed E-state index contributed by atoms with van der Waals surface area (Å²) < 4.78 is 21.8. The quantitative estimate of drug-likeness (QED) is 0.103. The first kappa shape index (κ1) is 74.2. The third-order valence-corrected chi connectivity index (χ3v) is 25.9. The van der Waals surface area contributed by atoms with Crippen molar-refractivity contribution in [2.75, 3.05) is 0 Å². The number of nitrogens with zero attached hydrogens (tertiary/aromatic N) is 3. The number of hydrogen-bond acceptors (Lipinski definition) is 13. The minimum absolute atomic E-state index is 0.224. The van der Waals surface area contributed by atoms with Crippen molar-refractivity contribution in [3.63, 3.8) is 0 Å². The summed E-state index contributed by atoms with van der Waals surface area (Å²) in [5.41, 5.74) is 22.9. The molecule has 24 rings (SSSR count). The summed E-state index contributed by atoms with van der Waals surface area (Å²) in [5.74, 6) is 0.453. The summed E-state index contributed by atoms with van der Waals surface area (Å²) >= 11 is 11.5. The Morgan fingerprint density at radius 2 is 0.579 bits per heavy atom. The van der Waals surface area contributed by atoms with Crippen LogP contribution in [-0.4, -0.2) is 42.3 Å². The molecule has 10 nitrogen and oxygen atoms in total. The van der Waals surface area contributed by atoms with E-state index in [2.05, 4.69) is 242 Å². The molecule has 0 spiro atoms. The SMILES string of the molecule is Cc1ccccc1-c1nc2c(-c3cccc4c3oc3ccccc34)cc(-c3cccc4ccccc34)cc2s1.OB(O)c1cccc2c1oc1ccccc12.Oc1ccccc1-c1nc2c(-c3cccc4c3oc3ccccc34)cc(-c3cccc4ccccc34)cc2s1.Oc1ccccc1-c1nc2c(Cl)cc(-c3cccc4ccccc34)cc2s1. The second kappa shape index (κ2) is 31.2. The third kappa shape index (κ3) is 13.6. The summed E-state index contributed by atoms with van der Waals surface area (Å²) in [4.78, 5) is 15.0. The van der Waals surface area contributed by atoms with Gasteiger partial charge < -0.3 is 33.5 Å². The fourth-order valence-corrected chi connectivity index (χ4v) is 20.3. The number of aromatic nitrogens is 3. The Morgan fingerprint density at radius 1 is 0.273 bits per heavy atom. The molecule has 0 atom stereocenters. The van der Waals surface area contributed by atoms with Gasteiger partial charge in [0.15, 0.2) is 0 Å². The van der Waals surface area contributed by atoms with Gasteiger partial charge in [0, 0.05) is 65.6 Å². The molecule has 15 heteroatoms. The largest absolute Gasteiger partial charge is 0.507 e. The van der Waals surface area contributed by atoms with Crippen LogP contribution in [0.5, 0.6) is 11.5 Å². The Morgan fingerprint density at radius 3 is 1.02 bits per heavy atom. The molecule has 0 aliphatic heterocycles. The molecular formula is C106H67BClN3O7S3. The van der Waals surface area contributed by atoms with Crippen LogP contribution in [0.25, 0.3) is 216 Å². The smallest absolute Gasteiger partial charge is 0.492 e. The van der Waals surface area contributed by atoms with Crippen molar-refractivity contribution in [3.05, 3.63) is 375 Å². The standard InChI is InChI=1S/C36H23NOS.C35H21NO2S.C23H14ClNOS.C12H9BO3/c1-22-10-2-4-13-25(22)36-37-34-31(30-18-9-17-29-28-15-6-7-19-32(28)38-35(29)30)20-24(21-33(34)39-36)27-16-8-12-23-11-3-5-14-26(23)27;37-30-17-5-3-13-28(30)35-36-33-29(27-16-8-15-26-25-12-4-6-18-31(25)38-34(26)27)19-22(20-32(33)39-35)24-14-7-10-21-9-1-2-11-23(21)24;24-19-12-15(17-10-5-7-14-6-1-2-8-16(14)17)13-21-22(19)25-23(27-21)18-9-3-4-11-20(18)26;14-13(15)10-6-3-5-9-8-4-1-2-7-11(8)16-12(9)10/h2-21H,1H3;1-20,37H;1-13,26H;1-7,14-15H. The van der Waals surface area contributed by atoms with Gasteiger partial charge >= 0.3 is 7.12 Å². The maximum Gasteiger partial charge on any atom is 0.492 e. The lowest BCUT2D eigenvalue weighted by molar-refractivity contribution is 0.425. The average Bonchev–Trinajstić information content (AvgIpc) is 1.63. The predicted molar refractivity (Wildman–Crippen MR) is 506 cm³/mol. The molecule has 18 aromatic carbocycles. The van der Waals surface area contributed by atoms with Gasteiger partial charge in [0.1, 0.15) is 65.5 Å². The van der Waals surface area contributed by atoms with Crippen molar-refractivity contribution >= 4 is 187 Å². The Kier molecular flexibility index (Phi) is 19.1. The number of hydrogen-bond donors (Lipinski definition) is 4. The molecule has 24 aromatic rings. The summed E-state index contributed by atoms with van der Waals surface area (Å²) in [7, 11) is -1.51. The minimum Gasteiger partial charge on any atom is -0.507 e. The van der Waals surface area contributed by atoms with Crippen LogP contribution in [0.4, 0.5) is 0 Å². The first-order valence-corrected chi connectivity index (χ1v) is 42.4. The summed E-state index contributed by atoms with van der Waals surface area (Å²) in [6.07, 6.45) is 0. The monoisotopic (exact) mass is 1640 g/mol. The van der Waals surface area contributed by atoms with E-state index in [-0.39, 0.29) is 11.5 Å². The lowest BCUT2D eigenvalue weighted by Crippen LogP contribution is -2.29. The van der Waals surface area contributed by atoms with Gasteiger partial charge in [-0.05, 0) is 157 Å². The van der Waals surface area contributed by atoms with E-state index in [4.69, 9.17) is 34.8 Å². The molecule has 0 unspecified atom stereocenters. The highest BCUT2D eigenvalue weighted by Crippen LogP contribution is 2.49. The van der Waals surface area contributed by atoms with Crippen LogP contribution in [0.15, 0.2) is 377 Å². The van der Waals surface area contributed by atoms with Crippen molar-refractivity contribution < 1.29 is 33.5 Å². The van der Waals surface area contributed by atoms with Gasteiger partial charge in [0.05, 0.1) is 41.3 Å². The van der Waals surface area contributed by atoms with Gasteiger partial charge in [-0.2, -0.15) is 0 Å². The molecule has 6 heterocycles. The van der Waals surface area contributed by atoms with E-state index < -0.39 is 7.12 Å². The van der Waals surface area contributed by atoms with Crippen LogP contribution < -0.4 is 5.46 Å². The highest BCUT2D eigenvalue weighted by Gasteiger charge is 2.25. The Bertz CT molecular complexity index is 7870. The van der Waals surface area contributed by atoms with E-state index in [0.717, 1.165) is 151 Å². The van der Waals surface area contributed by atoms with Gasteiger partial charge in [0.25, 0.3) is 0 Å². The highest BCUT2D eigenvalue weighted by atomic mass is 35.5. The Labute approximate surface area is 710 Å². The third-order valence-electron chi connectivity index (χ3n) is 22.5. The number of phenolic OH excluding ortho intramolecular Hbond substituents is 2. The van der Waals surface area contributed by atoms with Crippen LogP contribution in [0.2, 0.25) is 5.02 Å². The summed E-state index contributed by atoms with van der Waals surface area (Å²) in [6, 6.07) is 123. The maximum atomic E-state index is 10.6. The van der Waals surface area contributed by atoms with Crippen molar-refractivity contribution in [2.45, 2.75) is 6.92 Å². The number of furan rings is 3. The zero-order chi connectivity index (χ0) is 81.3. The molecule has 0 bridgehead atoms. The molecule has 0 amide bonds. The van der Waals surface area contributed by atoms with Crippen molar-refractivity contribution in [1.82, 2.24) is 15.0 Å². The number of thiazole rings is 3. The zero-order valence-corrected chi connectivity index (χ0v) is 67.9. The summed E-state index contributed by atoms with van der Waals surface area (Å²) in [5, 5.41) is 56.1. The van der Waals surface area contributed by atoms with E-state index in [1.165, 1.54) is 76.2 Å². The molecule has 0 radical (unpaired) electrons. The zero-order valence-electron chi connectivity index (χ0n) is 64.7. The lowest BCUT2D eigenvalue weighted by Gasteiger charge is -2.11. The number of rotatable bonds is 9. The maximum absolute atomic E-state index is 10.6. The number of phenols is 2. The van der Waals surface area contributed by atoms with Gasteiger partial charge in [-0.25, -0.2) is 15.0 Å². The molecule has 0 saturated heterocycles. The van der Waals surface area contributed by atoms with E-state index in [9.17, 15) is 20.3 Å². The van der Waals surface area contributed by atoms with Gasteiger partial charge in [0.2, 0.25) is 0 Å². The molecule has 0 fully saturated rings.